The van der Waals surface area contributed by atoms with Crippen LogP contribution in [0.5, 0.6) is 0 Å². The van der Waals surface area contributed by atoms with Crippen LogP contribution in [-0.4, -0.2) is 91.2 Å². The molecular formula is C16H28N4O3. The first-order valence-electron chi connectivity index (χ1n) is 8.62. The molecule has 0 saturated carbocycles. The lowest BCUT2D eigenvalue weighted by Gasteiger charge is -2.36. The first kappa shape index (κ1) is 16.5. The molecule has 130 valence electrons. The molecule has 0 radical (unpaired) electrons. The molecule has 7 heteroatoms. The van der Waals surface area contributed by atoms with Crippen LogP contribution in [-0.2, 0) is 9.53 Å². The number of likely N-dealkylation sites (N-methyl/N-ethyl adjacent to an activating group) is 1. The van der Waals surface area contributed by atoms with Crippen LogP contribution in [0, 0.1) is 5.92 Å². The van der Waals surface area contributed by atoms with E-state index in [1.54, 1.807) is 4.90 Å². The van der Waals surface area contributed by atoms with Gasteiger partial charge in [0.05, 0.1) is 18.1 Å². The van der Waals surface area contributed by atoms with Gasteiger partial charge in [0, 0.05) is 45.3 Å². The molecule has 0 unspecified atom stereocenters. The van der Waals surface area contributed by atoms with Gasteiger partial charge in [-0.05, 0) is 27.3 Å². The molecule has 0 aliphatic carbocycles. The Bertz CT molecular complexity index is 462. The zero-order valence-corrected chi connectivity index (χ0v) is 14.3. The van der Waals surface area contributed by atoms with Crippen molar-refractivity contribution in [3.63, 3.8) is 0 Å². The van der Waals surface area contributed by atoms with Gasteiger partial charge in [-0.2, -0.15) is 0 Å². The summed E-state index contributed by atoms with van der Waals surface area (Å²) >= 11 is 0. The molecule has 23 heavy (non-hydrogen) atoms. The fourth-order valence-corrected chi connectivity index (χ4v) is 3.68. The number of carbonyl (C=O) groups is 2. The van der Waals surface area contributed by atoms with Crippen molar-refractivity contribution in [2.75, 3.05) is 46.3 Å². The molecular weight excluding hydrogens is 296 g/mol. The molecule has 3 rings (SSSR count). The van der Waals surface area contributed by atoms with Crippen LogP contribution in [0.15, 0.2) is 0 Å². The quantitative estimate of drug-likeness (QED) is 0.775. The number of carbonyl (C=O) groups excluding carboxylic acids is 2. The molecule has 0 aromatic heterocycles. The zero-order valence-electron chi connectivity index (χ0n) is 14.3. The van der Waals surface area contributed by atoms with E-state index in [-0.39, 0.29) is 36.1 Å². The van der Waals surface area contributed by atoms with E-state index in [9.17, 15) is 9.59 Å². The summed E-state index contributed by atoms with van der Waals surface area (Å²) in [6.07, 6.45) is 0.577. The van der Waals surface area contributed by atoms with Gasteiger partial charge in [0.2, 0.25) is 5.91 Å². The van der Waals surface area contributed by atoms with Gasteiger partial charge in [0.25, 0.3) is 0 Å². The highest BCUT2D eigenvalue weighted by molar-refractivity contribution is 5.80. The van der Waals surface area contributed by atoms with Crippen LogP contribution < -0.4 is 5.32 Å². The minimum Gasteiger partial charge on any atom is -0.370 e. The molecule has 2 bridgehead atoms. The van der Waals surface area contributed by atoms with Crippen molar-refractivity contribution < 1.29 is 14.3 Å². The molecule has 3 fully saturated rings. The van der Waals surface area contributed by atoms with Gasteiger partial charge in [-0.3, -0.25) is 4.79 Å². The summed E-state index contributed by atoms with van der Waals surface area (Å²) in [5, 5.41) is 2.92. The monoisotopic (exact) mass is 324 g/mol. The normalized spacial score (nSPS) is 31.6. The molecule has 7 nitrogen and oxygen atoms in total. The van der Waals surface area contributed by atoms with Gasteiger partial charge in [-0.1, -0.05) is 0 Å². The van der Waals surface area contributed by atoms with E-state index in [1.165, 1.54) is 0 Å². The SMILES string of the molecule is CC(C)NC(=O)N1C[C@H]2C[C@@H](C(=O)N3CCN(C)CC3)[C@@H](C1)O2. The largest absolute Gasteiger partial charge is 0.370 e. The fraction of sp³-hybridized carbons (Fsp3) is 0.875. The summed E-state index contributed by atoms with van der Waals surface area (Å²) in [5.74, 6) is 0.108. The number of fused-ring (bicyclic) bond motifs is 2. The van der Waals surface area contributed by atoms with E-state index in [0.29, 0.717) is 13.1 Å². The minimum absolute atomic E-state index is 0.00641. The molecule has 1 N–H and O–H groups in total. The molecule has 3 heterocycles. The number of rotatable bonds is 2. The lowest BCUT2D eigenvalue weighted by Crippen LogP contribution is -2.53. The Morgan fingerprint density at radius 2 is 1.78 bits per heavy atom. The van der Waals surface area contributed by atoms with Crippen LogP contribution in [0.2, 0.25) is 0 Å². The second kappa shape index (κ2) is 6.65. The number of nitrogens with one attached hydrogen (secondary N) is 1. The predicted octanol–water partition coefficient (Wildman–Crippen LogP) is -0.0323. The number of hydrogen-bond acceptors (Lipinski definition) is 4. The van der Waals surface area contributed by atoms with Gasteiger partial charge in [-0.15, -0.1) is 0 Å². The van der Waals surface area contributed by atoms with Crippen molar-refractivity contribution in [1.82, 2.24) is 20.0 Å². The zero-order chi connectivity index (χ0) is 16.6. The average Bonchev–Trinajstić information content (AvgIpc) is 2.80. The molecule has 0 aromatic rings. The molecule has 3 aliphatic rings. The van der Waals surface area contributed by atoms with Crippen molar-refractivity contribution >= 4 is 11.9 Å². The number of morpholine rings is 1. The van der Waals surface area contributed by atoms with Crippen LogP contribution in [0.4, 0.5) is 4.79 Å². The Morgan fingerprint density at radius 1 is 1.09 bits per heavy atom. The Kier molecular flexibility index (Phi) is 4.77. The van der Waals surface area contributed by atoms with Crippen molar-refractivity contribution in [2.24, 2.45) is 5.92 Å². The third-order valence-corrected chi connectivity index (χ3v) is 4.99. The van der Waals surface area contributed by atoms with Gasteiger partial charge >= 0.3 is 6.03 Å². The second-order valence-electron chi connectivity index (χ2n) is 7.28. The number of likely N-dealkylation sites (tertiary alicyclic amines) is 1. The van der Waals surface area contributed by atoms with E-state index in [1.807, 2.05) is 18.7 Å². The lowest BCUT2D eigenvalue weighted by atomic mass is 9.98. The summed E-state index contributed by atoms with van der Waals surface area (Å²) in [5.41, 5.74) is 0. The maximum absolute atomic E-state index is 12.8. The third-order valence-electron chi connectivity index (χ3n) is 4.99. The first-order valence-corrected chi connectivity index (χ1v) is 8.62. The molecule has 3 saturated heterocycles. The Morgan fingerprint density at radius 3 is 2.43 bits per heavy atom. The summed E-state index contributed by atoms with van der Waals surface area (Å²) in [7, 11) is 2.08. The number of urea groups is 1. The number of ether oxygens (including phenoxy) is 1. The predicted molar refractivity (Wildman–Crippen MR) is 86.1 cm³/mol. The second-order valence-corrected chi connectivity index (χ2v) is 7.28. The minimum atomic E-state index is -0.154. The van der Waals surface area contributed by atoms with E-state index >= 15 is 0 Å². The summed E-state index contributed by atoms with van der Waals surface area (Å²) < 4.78 is 5.95. The molecule has 3 aliphatic heterocycles. The number of hydrogen-bond donors (Lipinski definition) is 1. The van der Waals surface area contributed by atoms with E-state index in [2.05, 4.69) is 17.3 Å². The van der Waals surface area contributed by atoms with Crippen molar-refractivity contribution in [3.05, 3.63) is 0 Å². The topological polar surface area (TPSA) is 65.1 Å². The first-order chi connectivity index (χ1) is 10.9. The number of piperazine rings is 1. The molecule has 0 spiro atoms. The summed E-state index contributed by atoms with van der Waals surface area (Å²) in [6.45, 7) is 8.44. The smallest absolute Gasteiger partial charge is 0.317 e. The maximum atomic E-state index is 12.8. The van der Waals surface area contributed by atoms with Crippen LogP contribution >= 0.6 is 0 Å². The van der Waals surface area contributed by atoms with E-state index < -0.39 is 0 Å². The van der Waals surface area contributed by atoms with E-state index in [0.717, 1.165) is 32.6 Å². The highest BCUT2D eigenvalue weighted by Crippen LogP contribution is 2.33. The number of amides is 3. The highest BCUT2D eigenvalue weighted by atomic mass is 16.5. The Hall–Kier alpha value is -1.34. The van der Waals surface area contributed by atoms with Gasteiger partial charge in [0.1, 0.15) is 0 Å². The van der Waals surface area contributed by atoms with Crippen molar-refractivity contribution in [1.29, 1.82) is 0 Å². The van der Waals surface area contributed by atoms with Crippen LogP contribution in [0.1, 0.15) is 20.3 Å². The van der Waals surface area contributed by atoms with Crippen LogP contribution in [0.3, 0.4) is 0 Å². The fourth-order valence-electron chi connectivity index (χ4n) is 3.68. The molecule has 3 amide bonds. The standard InChI is InChI=1S/C16H28N4O3/c1-11(2)17-16(22)20-9-12-8-13(14(10-20)23-12)15(21)19-6-4-18(3)5-7-19/h11-14H,4-10H2,1-3H3,(H,17,22)/t12-,13-,14-/m1/s1. The maximum Gasteiger partial charge on any atom is 0.317 e. The third kappa shape index (κ3) is 3.61. The lowest BCUT2D eigenvalue weighted by molar-refractivity contribution is -0.139. The Labute approximate surface area is 137 Å². The van der Waals surface area contributed by atoms with Crippen molar-refractivity contribution in [2.45, 2.75) is 38.5 Å². The van der Waals surface area contributed by atoms with Gasteiger partial charge in [-0.25, -0.2) is 4.79 Å². The highest BCUT2D eigenvalue weighted by Gasteiger charge is 2.47. The summed E-state index contributed by atoms with van der Waals surface area (Å²) in [6, 6.07) is 0.0664. The van der Waals surface area contributed by atoms with Gasteiger partial charge in [0.15, 0.2) is 0 Å². The van der Waals surface area contributed by atoms with Crippen molar-refractivity contribution in [3.8, 4) is 0 Å². The Balaban J connectivity index is 1.59. The number of nitrogens with zero attached hydrogens (tertiary/aromatic N) is 3. The average molecular weight is 324 g/mol. The molecule has 0 aromatic carbocycles. The van der Waals surface area contributed by atoms with Crippen LogP contribution in [0.25, 0.3) is 0 Å². The van der Waals surface area contributed by atoms with Gasteiger partial charge < -0.3 is 24.8 Å². The van der Waals surface area contributed by atoms with E-state index in [4.69, 9.17) is 4.74 Å². The molecule has 3 atom stereocenters. The summed E-state index contributed by atoms with van der Waals surface area (Å²) in [4.78, 5) is 31.0.